The van der Waals surface area contributed by atoms with Crippen LogP contribution in [0.2, 0.25) is 0 Å². The molecule has 1 aliphatic heterocycles. The highest BCUT2D eigenvalue weighted by Crippen LogP contribution is 2.18. The number of nitrogens with one attached hydrogen (secondary N) is 2. The quantitative estimate of drug-likeness (QED) is 0.768. The molecule has 1 heterocycles. The maximum absolute atomic E-state index is 12.5. The van der Waals surface area contributed by atoms with Gasteiger partial charge in [0.05, 0.1) is 37.8 Å². The van der Waals surface area contributed by atoms with Gasteiger partial charge in [-0.05, 0) is 55.5 Å². The lowest BCUT2D eigenvalue weighted by atomic mass is 10.1. The Morgan fingerprint density at radius 1 is 1.15 bits per heavy atom. The molecule has 1 aliphatic rings. The van der Waals surface area contributed by atoms with Gasteiger partial charge in [-0.3, -0.25) is 4.79 Å². The van der Waals surface area contributed by atoms with Crippen LogP contribution < -0.4 is 15.1 Å². The first kappa shape index (κ1) is 17.8. The normalized spacial score (nSPS) is 15.9. The Balaban J connectivity index is 1.53. The molecule has 0 aromatic heterocycles. The molecule has 1 atom stereocenters. The number of hydrogen-bond donors (Lipinski definition) is 3. The summed E-state index contributed by atoms with van der Waals surface area (Å²) in [6.07, 6.45) is 0. The van der Waals surface area contributed by atoms with Crippen LogP contribution in [0.5, 0.6) is 5.75 Å². The molecule has 0 aliphatic carbocycles. The molecule has 2 aromatic rings. The fraction of sp³-hybridized carbons (Fsp3) is 0.300. The second-order valence-corrected chi connectivity index (χ2v) is 6.56. The lowest BCUT2D eigenvalue weighted by Crippen LogP contribution is -3.19. The van der Waals surface area contributed by atoms with E-state index in [0.29, 0.717) is 11.3 Å². The first-order valence-electron chi connectivity index (χ1n) is 8.76. The lowest BCUT2D eigenvalue weighted by Gasteiger charge is -2.36. The van der Waals surface area contributed by atoms with Gasteiger partial charge in [0.25, 0.3) is 5.91 Å². The third-order valence-electron chi connectivity index (χ3n) is 4.91. The molecular formula is C20H23N4O2+. The molecular weight excluding hydrogens is 328 g/mol. The maximum atomic E-state index is 12.5. The van der Waals surface area contributed by atoms with Gasteiger partial charge in [-0.15, -0.1) is 0 Å². The number of anilines is 2. The third kappa shape index (κ3) is 4.13. The highest BCUT2D eigenvalue weighted by molar-refractivity contribution is 5.93. The summed E-state index contributed by atoms with van der Waals surface area (Å²) in [5.74, 6) is 0.258. The number of piperazine rings is 1. The van der Waals surface area contributed by atoms with E-state index in [4.69, 9.17) is 5.26 Å². The zero-order valence-corrected chi connectivity index (χ0v) is 14.8. The molecule has 6 heteroatoms. The van der Waals surface area contributed by atoms with Crippen molar-refractivity contribution in [3.63, 3.8) is 0 Å². The number of nitriles is 1. The number of phenols is 1. The number of carbonyl (C=O) groups is 1. The van der Waals surface area contributed by atoms with E-state index in [1.165, 1.54) is 4.90 Å². The number of phenolic OH excluding ortho intramolecular Hbond substituents is 1. The fourth-order valence-electron chi connectivity index (χ4n) is 3.21. The minimum atomic E-state index is -0.146. The van der Waals surface area contributed by atoms with Crippen molar-refractivity contribution in [2.75, 3.05) is 36.4 Å². The lowest BCUT2D eigenvalue weighted by molar-refractivity contribution is -0.914. The van der Waals surface area contributed by atoms with Crippen molar-refractivity contribution < 1.29 is 14.8 Å². The van der Waals surface area contributed by atoms with Gasteiger partial charge < -0.3 is 20.2 Å². The minimum absolute atomic E-state index is 0.0113. The number of quaternary nitrogens is 1. The number of amides is 1. The molecule has 26 heavy (non-hydrogen) atoms. The molecule has 134 valence electrons. The standard InChI is InChI=1S/C20H22N4O2/c1-15(20(26)22-17-4-2-16(14-21)3-5-17)23-10-12-24(13-11-23)18-6-8-19(25)9-7-18/h2-9,15,25H,10-13H2,1H3,(H,22,26)/p+1/t15-/m0/s1. The van der Waals surface area contributed by atoms with Gasteiger partial charge in [0.2, 0.25) is 0 Å². The smallest absolute Gasteiger partial charge is 0.282 e. The van der Waals surface area contributed by atoms with Crippen LogP contribution in [0.4, 0.5) is 11.4 Å². The predicted octanol–water partition coefficient (Wildman–Crippen LogP) is 0.996. The van der Waals surface area contributed by atoms with Crippen LogP contribution in [-0.4, -0.2) is 43.2 Å². The van der Waals surface area contributed by atoms with Gasteiger partial charge in [-0.1, -0.05) is 0 Å². The van der Waals surface area contributed by atoms with Crippen molar-refractivity contribution >= 4 is 17.3 Å². The molecule has 2 aromatic carbocycles. The molecule has 0 saturated carbocycles. The summed E-state index contributed by atoms with van der Waals surface area (Å²) in [5, 5.41) is 21.2. The molecule has 0 bridgehead atoms. The molecule has 3 N–H and O–H groups in total. The van der Waals surface area contributed by atoms with Crippen LogP contribution in [0, 0.1) is 11.3 Å². The SMILES string of the molecule is C[C@@H](C(=O)Nc1ccc(C#N)cc1)[NH+]1CCN(c2ccc(O)cc2)CC1. The molecule has 6 nitrogen and oxygen atoms in total. The van der Waals surface area contributed by atoms with E-state index in [-0.39, 0.29) is 17.7 Å². The highest BCUT2D eigenvalue weighted by Gasteiger charge is 2.29. The summed E-state index contributed by atoms with van der Waals surface area (Å²) in [4.78, 5) is 16.0. The van der Waals surface area contributed by atoms with Gasteiger partial charge in [-0.2, -0.15) is 5.26 Å². The number of aromatic hydroxyl groups is 1. The summed E-state index contributed by atoms with van der Waals surface area (Å²) in [6.45, 7) is 5.44. The first-order valence-corrected chi connectivity index (χ1v) is 8.76. The highest BCUT2D eigenvalue weighted by atomic mass is 16.3. The molecule has 1 saturated heterocycles. The number of hydrogen-bond acceptors (Lipinski definition) is 4. The van der Waals surface area contributed by atoms with Crippen molar-refractivity contribution in [3.05, 3.63) is 54.1 Å². The predicted molar refractivity (Wildman–Crippen MR) is 100 cm³/mol. The summed E-state index contributed by atoms with van der Waals surface area (Å²) in [7, 11) is 0. The average Bonchev–Trinajstić information content (AvgIpc) is 2.69. The molecule has 3 rings (SSSR count). The third-order valence-corrected chi connectivity index (χ3v) is 4.91. The van der Waals surface area contributed by atoms with Gasteiger partial charge >= 0.3 is 0 Å². The Bertz CT molecular complexity index is 788. The minimum Gasteiger partial charge on any atom is -0.508 e. The van der Waals surface area contributed by atoms with Crippen LogP contribution in [0.15, 0.2) is 48.5 Å². The number of rotatable bonds is 4. The van der Waals surface area contributed by atoms with Crippen LogP contribution in [0.25, 0.3) is 0 Å². The molecule has 0 spiro atoms. The van der Waals surface area contributed by atoms with Crippen LogP contribution in [-0.2, 0) is 4.79 Å². The maximum Gasteiger partial charge on any atom is 0.282 e. The summed E-state index contributed by atoms with van der Waals surface area (Å²) < 4.78 is 0. The van der Waals surface area contributed by atoms with E-state index < -0.39 is 0 Å². The second-order valence-electron chi connectivity index (χ2n) is 6.56. The summed E-state index contributed by atoms with van der Waals surface area (Å²) in [6, 6.07) is 16.0. The van der Waals surface area contributed by atoms with Crippen LogP contribution in [0.3, 0.4) is 0 Å². The molecule has 0 unspecified atom stereocenters. The van der Waals surface area contributed by atoms with Gasteiger partial charge in [0.15, 0.2) is 6.04 Å². The Morgan fingerprint density at radius 3 is 2.35 bits per heavy atom. The zero-order chi connectivity index (χ0) is 18.5. The Labute approximate surface area is 153 Å². The molecule has 0 radical (unpaired) electrons. The molecule has 1 amide bonds. The Kier molecular flexibility index (Phi) is 5.40. The average molecular weight is 351 g/mol. The van der Waals surface area contributed by atoms with Crippen LogP contribution >= 0.6 is 0 Å². The summed E-state index contributed by atoms with van der Waals surface area (Å²) >= 11 is 0. The number of nitrogens with zero attached hydrogens (tertiary/aromatic N) is 2. The van der Waals surface area contributed by atoms with Crippen molar-refractivity contribution in [3.8, 4) is 11.8 Å². The van der Waals surface area contributed by atoms with E-state index in [2.05, 4.69) is 16.3 Å². The van der Waals surface area contributed by atoms with Crippen LogP contribution in [0.1, 0.15) is 12.5 Å². The van der Waals surface area contributed by atoms with E-state index in [1.54, 1.807) is 36.4 Å². The Morgan fingerprint density at radius 2 is 1.77 bits per heavy atom. The van der Waals surface area contributed by atoms with Gasteiger partial charge in [0, 0.05) is 11.4 Å². The first-order chi connectivity index (χ1) is 12.6. The second kappa shape index (κ2) is 7.89. The van der Waals surface area contributed by atoms with E-state index >= 15 is 0 Å². The summed E-state index contributed by atoms with van der Waals surface area (Å²) in [5.41, 5.74) is 2.38. The Hall–Kier alpha value is -3.04. The van der Waals surface area contributed by atoms with Crippen molar-refractivity contribution in [1.29, 1.82) is 5.26 Å². The van der Waals surface area contributed by atoms with Gasteiger partial charge in [-0.25, -0.2) is 0 Å². The topological polar surface area (TPSA) is 80.8 Å². The molecule has 1 fully saturated rings. The number of benzene rings is 2. The van der Waals surface area contributed by atoms with E-state index in [1.807, 2.05) is 19.1 Å². The monoisotopic (exact) mass is 351 g/mol. The van der Waals surface area contributed by atoms with Crippen molar-refractivity contribution in [2.24, 2.45) is 0 Å². The zero-order valence-electron chi connectivity index (χ0n) is 14.8. The number of carbonyl (C=O) groups excluding carboxylic acids is 1. The van der Waals surface area contributed by atoms with Crippen molar-refractivity contribution in [2.45, 2.75) is 13.0 Å². The van der Waals surface area contributed by atoms with Gasteiger partial charge in [0.1, 0.15) is 5.75 Å². The van der Waals surface area contributed by atoms with Crippen molar-refractivity contribution in [1.82, 2.24) is 0 Å². The van der Waals surface area contributed by atoms with E-state index in [9.17, 15) is 9.90 Å². The van der Waals surface area contributed by atoms with E-state index in [0.717, 1.165) is 31.9 Å². The largest absolute Gasteiger partial charge is 0.508 e. The fourth-order valence-corrected chi connectivity index (χ4v) is 3.21.